The first-order valence-electron chi connectivity index (χ1n) is 8.11. The van der Waals surface area contributed by atoms with Crippen molar-refractivity contribution >= 4 is 51.2 Å². The number of nitrogens with zero attached hydrogens (tertiary/aromatic N) is 4. The molecule has 0 saturated heterocycles. The van der Waals surface area contributed by atoms with E-state index < -0.39 is 0 Å². The zero-order chi connectivity index (χ0) is 18.6. The number of nitrogens with one attached hydrogen (secondary N) is 1. The van der Waals surface area contributed by atoms with Gasteiger partial charge in [0, 0.05) is 11.4 Å². The summed E-state index contributed by atoms with van der Waals surface area (Å²) in [6, 6.07) is 14.1. The lowest BCUT2D eigenvalue weighted by atomic mass is 10.2. The van der Waals surface area contributed by atoms with Crippen molar-refractivity contribution in [1.29, 1.82) is 0 Å². The highest BCUT2D eigenvalue weighted by Gasteiger charge is 2.14. The molecule has 1 aromatic heterocycles. The highest BCUT2D eigenvalue weighted by Crippen LogP contribution is 2.35. The number of halogens is 1. The van der Waals surface area contributed by atoms with Crippen molar-refractivity contribution in [3.05, 3.63) is 65.7 Å². The van der Waals surface area contributed by atoms with E-state index in [-0.39, 0.29) is 11.8 Å². The average molecular weight is 398 g/mol. The molecular formula is C18H15FN6S2. The molecule has 0 radical (unpaired) electrons. The molecule has 6 nitrogen and oxygen atoms in total. The van der Waals surface area contributed by atoms with Gasteiger partial charge in [-0.25, -0.2) is 9.38 Å². The molecule has 0 unspecified atom stereocenters. The van der Waals surface area contributed by atoms with Gasteiger partial charge >= 0.3 is 0 Å². The summed E-state index contributed by atoms with van der Waals surface area (Å²) >= 11 is 3.26. The first-order valence-corrected chi connectivity index (χ1v) is 10.1. The molecular weight excluding hydrogens is 383 g/mol. The second-order valence-corrected chi connectivity index (χ2v) is 7.84. The second-order valence-electron chi connectivity index (χ2n) is 5.65. The fourth-order valence-electron chi connectivity index (χ4n) is 2.43. The van der Waals surface area contributed by atoms with Crippen molar-refractivity contribution in [1.82, 2.24) is 15.0 Å². The average Bonchev–Trinajstić information content (AvgIpc) is 2.68. The Hall–Kier alpha value is -2.65. The summed E-state index contributed by atoms with van der Waals surface area (Å²) in [5, 5.41) is 3.01. The first-order chi connectivity index (χ1) is 13.2. The lowest BCUT2D eigenvalue weighted by molar-refractivity contribution is 0.628. The summed E-state index contributed by atoms with van der Waals surface area (Å²) in [6.45, 7) is 0. The van der Waals surface area contributed by atoms with E-state index in [1.54, 1.807) is 35.7 Å². The van der Waals surface area contributed by atoms with Crippen LogP contribution >= 0.6 is 23.5 Å². The van der Waals surface area contributed by atoms with Gasteiger partial charge in [0.05, 0.1) is 11.4 Å². The lowest BCUT2D eigenvalue weighted by Crippen LogP contribution is -2.07. The van der Waals surface area contributed by atoms with Crippen LogP contribution in [0.2, 0.25) is 0 Å². The van der Waals surface area contributed by atoms with E-state index in [9.17, 15) is 4.39 Å². The van der Waals surface area contributed by atoms with E-state index in [0.29, 0.717) is 23.2 Å². The molecule has 1 aliphatic heterocycles. The maximum Gasteiger partial charge on any atom is 0.232 e. The highest BCUT2D eigenvalue weighted by atomic mass is 32.2. The minimum Gasteiger partial charge on any atom is -0.368 e. The van der Waals surface area contributed by atoms with Gasteiger partial charge < -0.3 is 11.1 Å². The zero-order valence-electron chi connectivity index (χ0n) is 14.1. The van der Waals surface area contributed by atoms with E-state index in [2.05, 4.69) is 31.3 Å². The Bertz CT molecular complexity index is 993. The van der Waals surface area contributed by atoms with Gasteiger partial charge in [-0.3, -0.25) is 0 Å². The number of anilines is 3. The Balaban J connectivity index is 1.46. The van der Waals surface area contributed by atoms with Crippen molar-refractivity contribution in [2.24, 2.45) is 4.99 Å². The van der Waals surface area contributed by atoms with Gasteiger partial charge in [-0.2, -0.15) is 15.0 Å². The molecule has 4 rings (SSSR count). The molecule has 0 amide bonds. The SMILES string of the molecule is Nc1nc(CSC2=Nc3ccccc3CS2)nc(Nc2ccc(F)cc2)n1. The molecule has 3 N–H and O–H groups in total. The molecule has 27 heavy (non-hydrogen) atoms. The predicted octanol–water partition coefficient (Wildman–Crippen LogP) is 4.50. The summed E-state index contributed by atoms with van der Waals surface area (Å²) in [5.41, 5.74) is 8.72. The zero-order valence-corrected chi connectivity index (χ0v) is 15.7. The molecule has 0 aliphatic carbocycles. The second kappa shape index (κ2) is 7.93. The van der Waals surface area contributed by atoms with Gasteiger partial charge in [0.2, 0.25) is 11.9 Å². The van der Waals surface area contributed by atoms with E-state index in [1.165, 1.54) is 17.7 Å². The topological polar surface area (TPSA) is 89.1 Å². The van der Waals surface area contributed by atoms with Gasteiger partial charge in [0.1, 0.15) is 16.0 Å². The van der Waals surface area contributed by atoms with Crippen molar-refractivity contribution < 1.29 is 4.39 Å². The standard InChI is InChI=1S/C18H15FN6S2/c19-12-5-7-13(8-6-12)21-17-24-15(23-16(20)25-17)10-27-18-22-14-4-2-1-3-11(14)9-26-18/h1-8H,9-10H2,(H3,20,21,23,24,25). The molecule has 2 aromatic carbocycles. The minimum atomic E-state index is -0.305. The highest BCUT2D eigenvalue weighted by molar-refractivity contribution is 8.38. The molecule has 0 fully saturated rings. The summed E-state index contributed by atoms with van der Waals surface area (Å²) < 4.78 is 14.0. The van der Waals surface area contributed by atoms with E-state index >= 15 is 0 Å². The molecule has 1 aliphatic rings. The van der Waals surface area contributed by atoms with Gasteiger partial charge in [-0.05, 0) is 35.9 Å². The van der Waals surface area contributed by atoms with Crippen LogP contribution < -0.4 is 11.1 Å². The van der Waals surface area contributed by atoms with Crippen molar-refractivity contribution in [3.63, 3.8) is 0 Å². The number of nitrogens with two attached hydrogens (primary N) is 1. The number of hydrogen-bond acceptors (Lipinski definition) is 8. The van der Waals surface area contributed by atoms with Crippen LogP contribution in [0.25, 0.3) is 0 Å². The molecule has 3 aromatic rings. The van der Waals surface area contributed by atoms with Crippen LogP contribution in [0.3, 0.4) is 0 Å². The third-order valence-corrected chi connectivity index (χ3v) is 5.92. The molecule has 2 heterocycles. The molecule has 136 valence electrons. The van der Waals surface area contributed by atoms with E-state index in [0.717, 1.165) is 15.8 Å². The maximum atomic E-state index is 13.0. The number of aromatic nitrogens is 3. The third-order valence-electron chi connectivity index (χ3n) is 3.68. The Labute approximate surface area is 163 Å². The number of nitrogen functional groups attached to an aromatic ring is 1. The number of benzene rings is 2. The van der Waals surface area contributed by atoms with Crippen LogP contribution in [0.1, 0.15) is 11.4 Å². The molecule has 0 saturated carbocycles. The Morgan fingerprint density at radius 2 is 1.89 bits per heavy atom. The molecule has 0 bridgehead atoms. The monoisotopic (exact) mass is 398 g/mol. The number of thioether (sulfide) groups is 2. The number of fused-ring (bicyclic) bond motifs is 1. The van der Waals surface area contributed by atoms with E-state index in [1.807, 2.05) is 18.2 Å². The quantitative estimate of drug-likeness (QED) is 0.668. The van der Waals surface area contributed by atoms with Crippen LogP contribution in [-0.2, 0) is 11.5 Å². The first kappa shape index (κ1) is 17.7. The smallest absolute Gasteiger partial charge is 0.232 e. The van der Waals surface area contributed by atoms with Gasteiger partial charge in [0.25, 0.3) is 0 Å². The minimum absolute atomic E-state index is 0.133. The Kier molecular flexibility index (Phi) is 5.21. The summed E-state index contributed by atoms with van der Waals surface area (Å²) in [7, 11) is 0. The van der Waals surface area contributed by atoms with Crippen LogP contribution in [-0.4, -0.2) is 19.3 Å². The van der Waals surface area contributed by atoms with E-state index in [4.69, 9.17) is 5.73 Å². The lowest BCUT2D eigenvalue weighted by Gasteiger charge is -2.14. The third kappa shape index (κ3) is 4.55. The van der Waals surface area contributed by atoms with Crippen molar-refractivity contribution in [3.8, 4) is 0 Å². The predicted molar refractivity (Wildman–Crippen MR) is 110 cm³/mol. The van der Waals surface area contributed by atoms with Gasteiger partial charge in [-0.15, -0.1) is 0 Å². The normalized spacial score (nSPS) is 13.0. The Morgan fingerprint density at radius 1 is 1.07 bits per heavy atom. The van der Waals surface area contributed by atoms with Gasteiger partial charge in [-0.1, -0.05) is 41.7 Å². The summed E-state index contributed by atoms with van der Waals surface area (Å²) in [5.74, 6) is 2.14. The van der Waals surface area contributed by atoms with Crippen LogP contribution in [0.15, 0.2) is 53.5 Å². The van der Waals surface area contributed by atoms with Crippen molar-refractivity contribution in [2.45, 2.75) is 11.5 Å². The van der Waals surface area contributed by atoms with Crippen molar-refractivity contribution in [2.75, 3.05) is 11.1 Å². The largest absolute Gasteiger partial charge is 0.368 e. The number of rotatable bonds is 4. The fraction of sp³-hybridized carbons (Fsp3) is 0.111. The molecule has 0 spiro atoms. The van der Waals surface area contributed by atoms with Crippen LogP contribution in [0.5, 0.6) is 0 Å². The number of aliphatic imine (C=N–C) groups is 1. The van der Waals surface area contributed by atoms with Gasteiger partial charge in [0.15, 0.2) is 0 Å². The number of para-hydroxylation sites is 1. The summed E-state index contributed by atoms with van der Waals surface area (Å²) in [4.78, 5) is 17.3. The Morgan fingerprint density at radius 3 is 2.74 bits per heavy atom. The maximum absolute atomic E-state index is 13.0. The fourth-order valence-corrected chi connectivity index (χ4v) is 4.35. The number of hydrogen-bond donors (Lipinski definition) is 2. The van der Waals surface area contributed by atoms with Crippen LogP contribution in [0.4, 0.5) is 27.7 Å². The molecule has 0 atom stereocenters. The van der Waals surface area contributed by atoms with Crippen LogP contribution in [0, 0.1) is 5.82 Å². The molecule has 9 heteroatoms. The summed E-state index contributed by atoms with van der Waals surface area (Å²) in [6.07, 6.45) is 0.